The first kappa shape index (κ1) is 18.4. The third-order valence-corrected chi connectivity index (χ3v) is 4.67. The van der Waals surface area contributed by atoms with Crippen LogP contribution < -0.4 is 5.19 Å². The molecule has 4 nitrogen and oxygen atoms in total. The van der Waals surface area contributed by atoms with Gasteiger partial charge in [0.05, 0.1) is 0 Å². The first-order valence-electron chi connectivity index (χ1n) is 7.09. The van der Waals surface area contributed by atoms with Crippen molar-refractivity contribution in [1.29, 1.82) is 0 Å². The minimum absolute atomic E-state index is 0.434. The molecule has 0 amide bonds. The fraction of sp³-hybridized carbons (Fsp3) is 0.111. The Balaban J connectivity index is 0.000000277. The average molecular weight is 328 g/mol. The van der Waals surface area contributed by atoms with Crippen LogP contribution in [0.2, 0.25) is 0 Å². The quantitative estimate of drug-likeness (QED) is 0.810. The molecule has 0 N–H and O–H groups in total. The second-order valence-corrected chi connectivity index (χ2v) is 6.38. The van der Waals surface area contributed by atoms with E-state index in [1.165, 1.54) is 19.4 Å². The number of carbonyl (C=O) groups excluding carboxylic acids is 2. The van der Waals surface area contributed by atoms with Crippen molar-refractivity contribution in [3.8, 4) is 0 Å². The van der Waals surface area contributed by atoms with E-state index in [0.29, 0.717) is 0 Å². The SMILES string of the molecule is C=Cc1ccccc1.CC(=O)O[SiH](OC(C)=O)c1ccccc1. The van der Waals surface area contributed by atoms with Gasteiger partial charge >= 0.3 is 9.28 Å². The Labute approximate surface area is 138 Å². The lowest BCUT2D eigenvalue weighted by Crippen LogP contribution is -2.39. The summed E-state index contributed by atoms with van der Waals surface area (Å²) in [7, 11) is -2.41. The van der Waals surface area contributed by atoms with Crippen LogP contribution in [0.3, 0.4) is 0 Å². The van der Waals surface area contributed by atoms with Gasteiger partial charge in [-0.2, -0.15) is 0 Å². The van der Waals surface area contributed by atoms with Gasteiger partial charge < -0.3 is 8.85 Å². The van der Waals surface area contributed by atoms with Crippen LogP contribution in [0.15, 0.2) is 67.2 Å². The number of benzene rings is 2. The molecule has 0 unspecified atom stereocenters. The van der Waals surface area contributed by atoms with Crippen LogP contribution in [0.25, 0.3) is 6.08 Å². The standard InChI is InChI=1S/C10H12O4Si.C8H8/c1-8(11)13-15(14-9(2)12)10-6-4-3-5-7-10;1-2-8-6-4-3-5-7-8/h3-7,15H,1-2H3;2-7H,1H2. The topological polar surface area (TPSA) is 52.6 Å². The molecule has 0 atom stereocenters. The van der Waals surface area contributed by atoms with Gasteiger partial charge in [0.2, 0.25) is 0 Å². The molecular weight excluding hydrogens is 308 g/mol. The maximum absolute atomic E-state index is 10.8. The lowest BCUT2D eigenvalue weighted by atomic mass is 10.2. The molecule has 0 aliphatic rings. The van der Waals surface area contributed by atoms with E-state index in [-0.39, 0.29) is 0 Å². The highest BCUT2D eigenvalue weighted by atomic mass is 28.3. The molecule has 0 saturated carbocycles. The van der Waals surface area contributed by atoms with Gasteiger partial charge in [0, 0.05) is 19.0 Å². The van der Waals surface area contributed by atoms with Crippen molar-refractivity contribution < 1.29 is 18.4 Å². The normalized spacial score (nSPS) is 9.35. The van der Waals surface area contributed by atoms with Crippen molar-refractivity contribution >= 4 is 32.5 Å². The lowest BCUT2D eigenvalue weighted by Gasteiger charge is -2.14. The smallest absolute Gasteiger partial charge is 0.483 e. The van der Waals surface area contributed by atoms with E-state index in [4.69, 9.17) is 8.85 Å². The average Bonchev–Trinajstić information content (AvgIpc) is 2.55. The highest BCUT2D eigenvalue weighted by molar-refractivity contribution is 6.64. The molecule has 2 rings (SSSR count). The number of hydrogen-bond acceptors (Lipinski definition) is 4. The van der Waals surface area contributed by atoms with Gasteiger partial charge in [0.1, 0.15) is 0 Å². The zero-order valence-electron chi connectivity index (χ0n) is 13.3. The maximum atomic E-state index is 10.8. The molecule has 0 aromatic heterocycles. The Morgan fingerprint density at radius 1 is 0.870 bits per heavy atom. The summed E-state index contributed by atoms with van der Waals surface area (Å²) in [5.41, 5.74) is 1.17. The summed E-state index contributed by atoms with van der Waals surface area (Å²) in [5, 5.41) is 0.767. The van der Waals surface area contributed by atoms with Gasteiger partial charge in [0.15, 0.2) is 0 Å². The molecule has 2 aromatic rings. The summed E-state index contributed by atoms with van der Waals surface area (Å²) in [5.74, 6) is -0.867. The number of hydrogen-bond donors (Lipinski definition) is 0. The van der Waals surface area contributed by atoms with Gasteiger partial charge in [-0.3, -0.25) is 9.59 Å². The molecule has 120 valence electrons. The molecule has 0 spiro atoms. The Bertz CT molecular complexity index is 610. The van der Waals surface area contributed by atoms with Crippen LogP contribution in [-0.4, -0.2) is 21.2 Å². The van der Waals surface area contributed by atoms with Crippen molar-refractivity contribution in [3.63, 3.8) is 0 Å². The minimum atomic E-state index is -2.41. The predicted octanol–water partition coefficient (Wildman–Crippen LogP) is 2.57. The Kier molecular flexibility index (Phi) is 8.10. The monoisotopic (exact) mass is 328 g/mol. The second-order valence-electron chi connectivity index (χ2n) is 4.58. The highest BCUT2D eigenvalue weighted by Gasteiger charge is 2.22. The van der Waals surface area contributed by atoms with Crippen LogP contribution in [0.5, 0.6) is 0 Å². The van der Waals surface area contributed by atoms with Gasteiger partial charge in [-0.15, -0.1) is 0 Å². The Morgan fingerprint density at radius 2 is 1.30 bits per heavy atom. The molecule has 0 heterocycles. The van der Waals surface area contributed by atoms with Gasteiger partial charge in [-0.25, -0.2) is 0 Å². The van der Waals surface area contributed by atoms with E-state index >= 15 is 0 Å². The fourth-order valence-corrected chi connectivity index (χ4v) is 3.12. The summed E-state index contributed by atoms with van der Waals surface area (Å²) in [4.78, 5) is 21.7. The van der Waals surface area contributed by atoms with Crippen LogP contribution in [-0.2, 0) is 18.4 Å². The van der Waals surface area contributed by atoms with Gasteiger partial charge in [-0.1, -0.05) is 73.3 Å². The van der Waals surface area contributed by atoms with Crippen molar-refractivity contribution in [1.82, 2.24) is 0 Å². The van der Waals surface area contributed by atoms with E-state index in [0.717, 1.165) is 5.19 Å². The van der Waals surface area contributed by atoms with E-state index < -0.39 is 21.2 Å². The Morgan fingerprint density at radius 3 is 1.65 bits per heavy atom. The van der Waals surface area contributed by atoms with E-state index in [2.05, 4.69) is 6.58 Å². The maximum Gasteiger partial charge on any atom is 0.483 e. The van der Waals surface area contributed by atoms with Crippen LogP contribution >= 0.6 is 0 Å². The van der Waals surface area contributed by atoms with Crippen molar-refractivity contribution in [3.05, 3.63) is 72.8 Å². The van der Waals surface area contributed by atoms with Crippen molar-refractivity contribution in [2.75, 3.05) is 0 Å². The predicted molar refractivity (Wildman–Crippen MR) is 93.3 cm³/mol. The third-order valence-electron chi connectivity index (χ3n) is 2.65. The minimum Gasteiger partial charge on any atom is -0.484 e. The summed E-state index contributed by atoms with van der Waals surface area (Å²) >= 11 is 0. The molecule has 0 bridgehead atoms. The van der Waals surface area contributed by atoms with Crippen LogP contribution in [0.1, 0.15) is 19.4 Å². The molecule has 0 aliphatic carbocycles. The van der Waals surface area contributed by atoms with Crippen LogP contribution in [0.4, 0.5) is 0 Å². The van der Waals surface area contributed by atoms with E-state index in [9.17, 15) is 9.59 Å². The molecule has 0 radical (unpaired) electrons. The lowest BCUT2D eigenvalue weighted by molar-refractivity contribution is -0.137. The molecule has 0 saturated heterocycles. The molecule has 5 heteroatoms. The van der Waals surface area contributed by atoms with Crippen LogP contribution in [0, 0.1) is 0 Å². The zero-order chi connectivity index (χ0) is 17.1. The fourth-order valence-electron chi connectivity index (χ4n) is 1.66. The zero-order valence-corrected chi connectivity index (χ0v) is 14.4. The highest BCUT2D eigenvalue weighted by Crippen LogP contribution is 1.97. The molecule has 0 fully saturated rings. The first-order valence-corrected chi connectivity index (χ1v) is 8.62. The summed E-state index contributed by atoms with van der Waals surface area (Å²) < 4.78 is 10.0. The molecular formula is C18H20O4Si. The van der Waals surface area contributed by atoms with Crippen molar-refractivity contribution in [2.24, 2.45) is 0 Å². The second kappa shape index (κ2) is 10.1. The van der Waals surface area contributed by atoms with Gasteiger partial charge in [0.25, 0.3) is 11.9 Å². The number of carbonyl (C=O) groups is 2. The van der Waals surface area contributed by atoms with E-state index in [1.54, 1.807) is 12.1 Å². The summed E-state index contributed by atoms with van der Waals surface area (Å²) in [6.07, 6.45) is 1.83. The third kappa shape index (κ3) is 7.78. The first-order chi connectivity index (χ1) is 11.0. The Hall–Kier alpha value is -2.66. The summed E-state index contributed by atoms with van der Waals surface area (Å²) in [6.45, 7) is 6.23. The molecule has 23 heavy (non-hydrogen) atoms. The van der Waals surface area contributed by atoms with Gasteiger partial charge in [-0.05, 0) is 5.56 Å². The number of rotatable bonds is 4. The molecule has 2 aromatic carbocycles. The molecule has 0 aliphatic heterocycles. The van der Waals surface area contributed by atoms with E-state index in [1.807, 2.05) is 54.6 Å². The van der Waals surface area contributed by atoms with Crippen molar-refractivity contribution in [2.45, 2.75) is 13.8 Å². The summed E-state index contributed by atoms with van der Waals surface area (Å²) in [6, 6.07) is 19.0. The largest absolute Gasteiger partial charge is 0.484 e.